The topological polar surface area (TPSA) is 80.9 Å². The summed E-state index contributed by atoms with van der Waals surface area (Å²) in [6.45, 7) is 18.0. The quantitative estimate of drug-likeness (QED) is 0.159. The molecule has 0 aliphatic rings. The van der Waals surface area contributed by atoms with Crippen LogP contribution in [0.15, 0.2) is 48.5 Å². The Labute approximate surface area is 257 Å². The number of aromatic hydroxyl groups is 4. The highest BCUT2D eigenvalue weighted by Gasteiger charge is 2.32. The summed E-state index contributed by atoms with van der Waals surface area (Å²) in [5, 5.41) is 45.5. The van der Waals surface area contributed by atoms with Gasteiger partial charge in [-0.3, -0.25) is 0 Å². The fourth-order valence-electron chi connectivity index (χ4n) is 7.12. The van der Waals surface area contributed by atoms with Crippen LogP contribution in [0.4, 0.5) is 0 Å². The monoisotopic (exact) mass is 580 g/mol. The lowest BCUT2D eigenvalue weighted by molar-refractivity contribution is 0.368. The minimum absolute atomic E-state index is 0.0581. The third kappa shape index (κ3) is 6.54. The van der Waals surface area contributed by atoms with Crippen molar-refractivity contribution in [2.45, 2.75) is 93.4 Å². The smallest absolute Gasteiger partial charge is 0.122 e. The molecular weight excluding hydrogens is 532 g/mol. The molecule has 228 valence electrons. The summed E-state index contributed by atoms with van der Waals surface area (Å²) in [5.74, 6) is 0.625. The summed E-state index contributed by atoms with van der Waals surface area (Å²) < 4.78 is 0. The lowest BCUT2D eigenvalue weighted by atomic mass is 9.73. The van der Waals surface area contributed by atoms with Crippen molar-refractivity contribution in [3.63, 3.8) is 0 Å². The number of rotatable bonds is 9. The molecule has 0 aliphatic carbocycles. The zero-order valence-electron chi connectivity index (χ0n) is 27.3. The molecule has 0 amide bonds. The number of hydrogen-bond donors (Lipinski definition) is 4. The highest BCUT2D eigenvalue weighted by atomic mass is 16.3. The lowest BCUT2D eigenvalue weighted by Crippen LogP contribution is -2.17. The number of aryl methyl sites for hydroxylation is 8. The molecule has 0 saturated heterocycles. The van der Waals surface area contributed by atoms with E-state index in [1.165, 1.54) is 0 Å². The first-order valence-electron chi connectivity index (χ1n) is 15.4. The van der Waals surface area contributed by atoms with Crippen LogP contribution in [-0.4, -0.2) is 20.4 Å². The highest BCUT2D eigenvalue weighted by molar-refractivity contribution is 5.55. The van der Waals surface area contributed by atoms with Crippen LogP contribution >= 0.6 is 0 Å². The molecule has 1 atom stereocenters. The van der Waals surface area contributed by atoms with Crippen LogP contribution in [0.25, 0.3) is 0 Å². The van der Waals surface area contributed by atoms with Crippen LogP contribution in [-0.2, 0) is 0 Å². The first kappa shape index (κ1) is 32.0. The number of hydrogen-bond acceptors (Lipinski definition) is 4. The fourth-order valence-corrected chi connectivity index (χ4v) is 7.12. The van der Waals surface area contributed by atoms with Gasteiger partial charge in [-0.15, -0.1) is 0 Å². The number of phenolic OH excluding ortho intramolecular Hbond substituents is 4. The molecule has 4 aromatic rings. The van der Waals surface area contributed by atoms with Crippen molar-refractivity contribution < 1.29 is 20.4 Å². The first-order chi connectivity index (χ1) is 20.2. The third-order valence-corrected chi connectivity index (χ3v) is 9.14. The zero-order chi connectivity index (χ0) is 31.7. The predicted molar refractivity (Wildman–Crippen MR) is 177 cm³/mol. The molecule has 4 nitrogen and oxygen atoms in total. The molecule has 0 aliphatic heterocycles. The van der Waals surface area contributed by atoms with Crippen LogP contribution in [0.2, 0.25) is 0 Å². The van der Waals surface area contributed by atoms with E-state index in [1.807, 2.05) is 91.8 Å². The standard InChI is InChI=1S/C39H48O4/c1-10-29(35(33-19-23(4)15-27(8)38(33)42)34-20-24(5)16-28(9)39(34)43)11-12-30(31-17-21(2)13-25(6)36(31)40)32-18-22(3)14-26(7)37(32)41/h13-20,29-30,35,40-43H,10-12H2,1-9H3. The molecule has 0 saturated carbocycles. The molecule has 0 fully saturated rings. The second-order valence-electron chi connectivity index (χ2n) is 12.9. The Balaban J connectivity index is 1.89. The molecule has 1 unspecified atom stereocenters. The minimum Gasteiger partial charge on any atom is -0.507 e. The Morgan fingerprint density at radius 1 is 0.442 bits per heavy atom. The van der Waals surface area contributed by atoms with Gasteiger partial charge in [0.15, 0.2) is 0 Å². The lowest BCUT2D eigenvalue weighted by Gasteiger charge is -2.32. The van der Waals surface area contributed by atoms with Gasteiger partial charge in [0.2, 0.25) is 0 Å². The predicted octanol–water partition coefficient (Wildman–Crippen LogP) is 9.75. The maximum atomic E-state index is 11.4. The molecule has 0 bridgehead atoms. The number of benzene rings is 4. The van der Waals surface area contributed by atoms with Gasteiger partial charge in [0, 0.05) is 34.1 Å². The van der Waals surface area contributed by atoms with E-state index < -0.39 is 0 Å². The SMILES string of the molecule is CCC(CCC(c1cc(C)cc(C)c1O)c1cc(C)cc(C)c1O)C(c1cc(C)cc(C)c1O)c1cc(C)cc(C)c1O. The first-order valence-corrected chi connectivity index (χ1v) is 15.4. The van der Waals surface area contributed by atoms with E-state index in [0.29, 0.717) is 6.42 Å². The van der Waals surface area contributed by atoms with E-state index in [1.54, 1.807) is 0 Å². The Bertz CT molecular complexity index is 1530. The molecular formula is C39H48O4. The average Bonchev–Trinajstić information content (AvgIpc) is 2.93. The van der Waals surface area contributed by atoms with Crippen molar-refractivity contribution in [1.29, 1.82) is 0 Å². The van der Waals surface area contributed by atoms with Gasteiger partial charge in [0.05, 0.1) is 0 Å². The Hall–Kier alpha value is -3.92. The molecule has 0 aromatic heterocycles. The minimum atomic E-state index is -0.247. The van der Waals surface area contributed by atoms with Gasteiger partial charge < -0.3 is 20.4 Å². The van der Waals surface area contributed by atoms with Crippen molar-refractivity contribution in [1.82, 2.24) is 0 Å². The summed E-state index contributed by atoms with van der Waals surface area (Å²) in [7, 11) is 0. The molecule has 4 aromatic carbocycles. The molecule has 4 rings (SSSR count). The van der Waals surface area contributed by atoms with E-state index in [2.05, 4.69) is 19.1 Å². The van der Waals surface area contributed by atoms with Gasteiger partial charge in [-0.05, 0) is 96.4 Å². The fraction of sp³-hybridized carbons (Fsp3) is 0.385. The van der Waals surface area contributed by atoms with Gasteiger partial charge in [-0.2, -0.15) is 0 Å². The van der Waals surface area contributed by atoms with Crippen LogP contribution in [0.1, 0.15) is 105 Å². The van der Waals surface area contributed by atoms with Crippen molar-refractivity contribution in [2.75, 3.05) is 0 Å². The second-order valence-corrected chi connectivity index (χ2v) is 12.9. The van der Waals surface area contributed by atoms with Gasteiger partial charge >= 0.3 is 0 Å². The molecule has 4 N–H and O–H groups in total. The van der Waals surface area contributed by atoms with Gasteiger partial charge in [-0.1, -0.05) is 84.1 Å². The van der Waals surface area contributed by atoms with Gasteiger partial charge in [-0.25, -0.2) is 0 Å². The summed E-state index contributed by atoms with van der Waals surface area (Å²) >= 11 is 0. The van der Waals surface area contributed by atoms with E-state index in [4.69, 9.17) is 0 Å². The zero-order valence-corrected chi connectivity index (χ0v) is 27.3. The molecule has 0 radical (unpaired) electrons. The third-order valence-electron chi connectivity index (χ3n) is 9.14. The Morgan fingerprint density at radius 3 is 1.07 bits per heavy atom. The largest absolute Gasteiger partial charge is 0.507 e. The number of phenols is 4. The summed E-state index contributed by atoms with van der Waals surface area (Å²) in [6, 6.07) is 16.1. The second kappa shape index (κ2) is 12.8. The van der Waals surface area contributed by atoms with Crippen LogP contribution < -0.4 is 0 Å². The van der Waals surface area contributed by atoms with Crippen LogP contribution in [0.5, 0.6) is 23.0 Å². The molecule has 43 heavy (non-hydrogen) atoms. The van der Waals surface area contributed by atoms with Gasteiger partial charge in [0.1, 0.15) is 23.0 Å². The van der Waals surface area contributed by atoms with Crippen molar-refractivity contribution >= 4 is 0 Å². The van der Waals surface area contributed by atoms with E-state index in [9.17, 15) is 20.4 Å². The normalized spacial score (nSPS) is 12.3. The van der Waals surface area contributed by atoms with Gasteiger partial charge in [0.25, 0.3) is 0 Å². The molecule has 0 spiro atoms. The maximum absolute atomic E-state index is 11.4. The highest BCUT2D eigenvalue weighted by Crippen LogP contribution is 2.48. The Kier molecular flexibility index (Phi) is 9.49. The Morgan fingerprint density at radius 2 is 0.744 bits per heavy atom. The summed E-state index contributed by atoms with van der Waals surface area (Å²) in [5.41, 5.74) is 10.8. The van der Waals surface area contributed by atoms with E-state index in [-0.39, 0.29) is 40.8 Å². The maximum Gasteiger partial charge on any atom is 0.122 e. The van der Waals surface area contributed by atoms with Crippen LogP contribution in [0, 0.1) is 61.3 Å². The molecule has 0 heterocycles. The van der Waals surface area contributed by atoms with Crippen molar-refractivity contribution in [3.8, 4) is 23.0 Å². The summed E-state index contributed by atoms with van der Waals surface area (Å²) in [6.07, 6.45) is 2.22. The van der Waals surface area contributed by atoms with Crippen LogP contribution in [0.3, 0.4) is 0 Å². The van der Waals surface area contributed by atoms with Crippen molar-refractivity contribution in [3.05, 3.63) is 115 Å². The molecule has 4 heteroatoms. The van der Waals surface area contributed by atoms with E-state index >= 15 is 0 Å². The average molecular weight is 581 g/mol. The summed E-state index contributed by atoms with van der Waals surface area (Å²) in [4.78, 5) is 0. The van der Waals surface area contributed by atoms with E-state index in [0.717, 1.165) is 79.6 Å². The van der Waals surface area contributed by atoms with Crippen molar-refractivity contribution in [2.24, 2.45) is 5.92 Å².